The number of halogens is 3. The molecule has 0 aliphatic carbocycles. The first-order valence-electron chi connectivity index (χ1n) is 13.7. The third-order valence-electron chi connectivity index (χ3n) is 6.51. The molecule has 1 aromatic heterocycles. The van der Waals surface area contributed by atoms with Gasteiger partial charge in [-0.2, -0.15) is 0 Å². The quantitative estimate of drug-likeness (QED) is 0.184. The molecule has 4 rings (SSSR count). The molecular weight excluding hydrogens is 604 g/mol. The molecule has 10 heteroatoms. The first kappa shape index (κ1) is 34.3. The molecule has 1 unspecified atom stereocenters. The molecule has 1 atom stereocenters. The van der Waals surface area contributed by atoms with Crippen LogP contribution in [0.1, 0.15) is 49.7 Å². The predicted molar refractivity (Wildman–Crippen MR) is 167 cm³/mol. The number of rotatable bonds is 11. The van der Waals surface area contributed by atoms with E-state index in [2.05, 4.69) is 40.0 Å². The van der Waals surface area contributed by atoms with Gasteiger partial charge in [-0.25, -0.2) is 0 Å². The van der Waals surface area contributed by atoms with Crippen molar-refractivity contribution in [1.82, 2.24) is 15.3 Å². The number of alkyl halides is 3. The van der Waals surface area contributed by atoms with E-state index in [0.717, 1.165) is 28.9 Å². The molecule has 0 radical (unpaired) electrons. The van der Waals surface area contributed by atoms with Crippen LogP contribution in [0.3, 0.4) is 0 Å². The summed E-state index contributed by atoms with van der Waals surface area (Å²) in [5.41, 5.74) is 3.35. The summed E-state index contributed by atoms with van der Waals surface area (Å²) in [4.78, 5) is 21.5. The summed E-state index contributed by atoms with van der Waals surface area (Å²) in [7, 11) is 0. The predicted octanol–water partition coefficient (Wildman–Crippen LogP) is 6.58. The number of benzene rings is 2. The molecule has 0 bridgehead atoms. The standard InChI is InChI=1S/C32H31F3N4O2.C2H2.V/c1-5-27(32(33,34)35)18-25(26-19-36-30(6-2)37-20-26)16-17-41-21-38-23(4)31(40)39-29-15-11-10-14-28(29)22(3)24-12-8-7-9-13-24;1-2;/h5,7-15,18-20,23,38H,3,6,16H2,1-2,4H3,(H,39,40);1-2H;/b25-18+,27-5+;;. The summed E-state index contributed by atoms with van der Waals surface area (Å²) in [5, 5.41) is 6.06. The Morgan fingerprint density at radius 3 is 2.27 bits per heavy atom. The van der Waals surface area contributed by atoms with E-state index in [1.165, 1.54) is 19.3 Å². The van der Waals surface area contributed by atoms with Gasteiger partial charge in [-0.05, 0) is 0 Å². The van der Waals surface area contributed by atoms with Crippen LogP contribution < -0.4 is 10.6 Å². The first-order chi connectivity index (χ1) is 21.1. The number of carbonyl (C=O) groups excluding carboxylic acids is 1. The third kappa shape index (κ3) is 9.15. The SMILES string of the molecule is C#C.C=C(c1ccccc1)c1ccccc1NC(=O)C(C)N[C]1=[V]=[C](C/C(=C\C(=C/C)C(F)(F)F)c2cnc(CC)nc2)O1. The molecule has 1 aliphatic heterocycles. The van der Waals surface area contributed by atoms with E-state index >= 15 is 0 Å². The molecule has 44 heavy (non-hydrogen) atoms. The fourth-order valence-corrected chi connectivity index (χ4v) is 5.53. The van der Waals surface area contributed by atoms with Crippen LogP contribution in [0.5, 0.6) is 0 Å². The Hall–Kier alpha value is -4.20. The number of anilines is 1. The number of ether oxygens (including phenoxy) is 1. The van der Waals surface area contributed by atoms with E-state index in [9.17, 15) is 18.0 Å². The topological polar surface area (TPSA) is 76.1 Å². The van der Waals surface area contributed by atoms with Crippen LogP contribution in [0.15, 0.2) is 91.3 Å². The Labute approximate surface area is 262 Å². The van der Waals surface area contributed by atoms with Crippen LogP contribution in [-0.4, -0.2) is 37.0 Å². The fourth-order valence-electron chi connectivity index (χ4n) is 4.13. The number of aryl methyl sites for hydroxylation is 1. The number of terminal acetylenes is 1. The second-order valence-corrected chi connectivity index (χ2v) is 11.3. The number of nitrogens with one attached hydrogen (secondary N) is 2. The Kier molecular flexibility index (Phi) is 12.5. The van der Waals surface area contributed by atoms with E-state index in [0.29, 0.717) is 38.0 Å². The van der Waals surface area contributed by atoms with Crippen molar-refractivity contribution in [3.63, 3.8) is 0 Å². The van der Waals surface area contributed by atoms with Gasteiger partial charge in [0.2, 0.25) is 0 Å². The summed E-state index contributed by atoms with van der Waals surface area (Å²) >= 11 is -0.610. The van der Waals surface area contributed by atoms with Crippen molar-refractivity contribution in [3.8, 4) is 12.8 Å². The summed E-state index contributed by atoms with van der Waals surface area (Å²) < 4.78 is 47.6. The van der Waals surface area contributed by atoms with Crippen molar-refractivity contribution in [3.05, 3.63) is 114 Å². The maximum atomic E-state index is 13.5. The zero-order valence-corrected chi connectivity index (χ0v) is 26.0. The molecule has 0 fully saturated rings. The molecule has 0 saturated heterocycles. The number of hydrogen-bond acceptors (Lipinski definition) is 5. The Morgan fingerprint density at radius 2 is 1.68 bits per heavy atom. The van der Waals surface area contributed by atoms with Crippen LogP contribution in [0.25, 0.3) is 11.1 Å². The Morgan fingerprint density at radius 1 is 1.07 bits per heavy atom. The fraction of sp³-hybridized carbons (Fsp3) is 0.206. The molecule has 2 aromatic carbocycles. The normalized spacial score (nSPS) is 13.8. The number of para-hydroxylation sites is 1. The van der Waals surface area contributed by atoms with Crippen LogP contribution in [-0.2, 0) is 31.4 Å². The molecule has 2 N–H and O–H groups in total. The van der Waals surface area contributed by atoms with E-state index < -0.39 is 33.2 Å². The average molecular weight is 638 g/mol. The van der Waals surface area contributed by atoms with Gasteiger partial charge in [0.25, 0.3) is 0 Å². The summed E-state index contributed by atoms with van der Waals surface area (Å²) in [6.07, 6.45) is 9.54. The van der Waals surface area contributed by atoms with E-state index in [4.69, 9.17) is 4.74 Å². The molecule has 0 spiro atoms. The number of allylic oxidation sites excluding steroid dienone is 3. The molecule has 6 nitrogen and oxygen atoms in total. The van der Waals surface area contributed by atoms with E-state index in [-0.39, 0.29) is 12.3 Å². The Balaban J connectivity index is 0.00000259. The van der Waals surface area contributed by atoms with Gasteiger partial charge in [-0.3, -0.25) is 0 Å². The van der Waals surface area contributed by atoms with Crippen molar-refractivity contribution in [2.24, 2.45) is 0 Å². The zero-order chi connectivity index (χ0) is 32.3. The van der Waals surface area contributed by atoms with Crippen LogP contribution in [0, 0.1) is 12.8 Å². The molecule has 1 amide bonds. The number of amides is 1. The molecule has 1 aliphatic rings. The molecule has 227 valence electrons. The van der Waals surface area contributed by atoms with Crippen molar-refractivity contribution in [2.45, 2.75) is 45.8 Å². The summed E-state index contributed by atoms with van der Waals surface area (Å²) in [5.74, 6) is 0.351. The van der Waals surface area contributed by atoms with Gasteiger partial charge in [-0.1, -0.05) is 0 Å². The minimum absolute atomic E-state index is 0.184. The third-order valence-corrected chi connectivity index (χ3v) is 7.95. The van der Waals surface area contributed by atoms with Gasteiger partial charge < -0.3 is 0 Å². The van der Waals surface area contributed by atoms with Crippen LogP contribution >= 0.6 is 0 Å². The minimum atomic E-state index is -4.49. The van der Waals surface area contributed by atoms with Crippen LogP contribution in [0.2, 0.25) is 0 Å². The second kappa shape index (κ2) is 16.0. The van der Waals surface area contributed by atoms with Gasteiger partial charge in [-0.15, -0.1) is 12.8 Å². The summed E-state index contributed by atoms with van der Waals surface area (Å²) in [6.45, 7) is 9.19. The average Bonchev–Trinajstić information content (AvgIpc) is 3.02. The van der Waals surface area contributed by atoms with Crippen molar-refractivity contribution in [2.75, 3.05) is 5.32 Å². The van der Waals surface area contributed by atoms with Crippen molar-refractivity contribution in [1.29, 1.82) is 0 Å². The van der Waals surface area contributed by atoms with Crippen molar-refractivity contribution < 1.29 is 38.1 Å². The number of aromatic nitrogens is 2. The molecule has 0 saturated carbocycles. The number of hydrogen-bond donors (Lipinski definition) is 2. The van der Waals surface area contributed by atoms with E-state index in [1.54, 1.807) is 6.92 Å². The monoisotopic (exact) mass is 637 g/mol. The van der Waals surface area contributed by atoms with Gasteiger partial charge in [0.15, 0.2) is 0 Å². The molecule has 3 aromatic rings. The van der Waals surface area contributed by atoms with Gasteiger partial charge in [0.05, 0.1) is 0 Å². The first-order valence-corrected chi connectivity index (χ1v) is 15.1. The zero-order valence-electron chi connectivity index (χ0n) is 24.7. The van der Waals surface area contributed by atoms with E-state index in [1.807, 2.05) is 61.5 Å². The summed E-state index contributed by atoms with van der Waals surface area (Å²) in [6, 6.07) is 16.6. The van der Waals surface area contributed by atoms with Gasteiger partial charge in [0, 0.05) is 0 Å². The second-order valence-electron chi connectivity index (χ2n) is 9.49. The molecule has 2 heterocycles. The Bertz CT molecular complexity index is 1640. The van der Waals surface area contributed by atoms with Crippen LogP contribution in [0.4, 0.5) is 18.9 Å². The van der Waals surface area contributed by atoms with Gasteiger partial charge >= 0.3 is 250 Å². The number of carbonyl (C=O) groups is 1. The van der Waals surface area contributed by atoms with Crippen molar-refractivity contribution >= 4 is 31.7 Å². The maximum absolute atomic E-state index is 13.5. The molecular formula is C34H33F3N4O2V. The van der Waals surface area contributed by atoms with Gasteiger partial charge in [0.1, 0.15) is 0 Å². The number of nitrogens with zero attached hydrogens (tertiary/aromatic N) is 2.